The lowest BCUT2D eigenvalue weighted by atomic mass is 9.81. The summed E-state index contributed by atoms with van der Waals surface area (Å²) in [5, 5.41) is 2.70. The molecule has 0 bridgehead atoms. The van der Waals surface area contributed by atoms with Gasteiger partial charge in [-0.2, -0.15) is 0 Å². The summed E-state index contributed by atoms with van der Waals surface area (Å²) in [6, 6.07) is 8.90. The zero-order valence-electron chi connectivity index (χ0n) is 12.7. The quantitative estimate of drug-likeness (QED) is 0.667. The molecule has 118 valence electrons. The molecule has 1 aliphatic carbocycles. The second-order valence-corrected chi connectivity index (χ2v) is 5.58. The summed E-state index contributed by atoms with van der Waals surface area (Å²) >= 11 is 0. The average Bonchev–Trinajstić information content (AvgIpc) is 2.59. The van der Waals surface area contributed by atoms with E-state index in [4.69, 9.17) is 4.74 Å². The maximum Gasteiger partial charge on any atom is 0.308 e. The molecule has 0 radical (unpaired) electrons. The van der Waals surface area contributed by atoms with Crippen LogP contribution in [0.5, 0.6) is 0 Å². The summed E-state index contributed by atoms with van der Waals surface area (Å²) < 4.78 is 4.73. The van der Waals surface area contributed by atoms with Crippen molar-refractivity contribution in [1.29, 1.82) is 0 Å². The summed E-state index contributed by atoms with van der Waals surface area (Å²) in [6.45, 7) is 0.0137. The Labute approximate surface area is 130 Å². The van der Waals surface area contributed by atoms with Gasteiger partial charge >= 0.3 is 5.97 Å². The lowest BCUT2D eigenvalue weighted by Gasteiger charge is -2.25. The van der Waals surface area contributed by atoms with Gasteiger partial charge in [-0.15, -0.1) is 0 Å². The van der Waals surface area contributed by atoms with Crippen LogP contribution in [0.4, 0.5) is 0 Å². The fraction of sp³-hybridized carbons (Fsp3) is 0.471. The van der Waals surface area contributed by atoms with Crippen LogP contribution in [0, 0.1) is 11.8 Å². The Kier molecular flexibility index (Phi) is 5.69. The average molecular weight is 303 g/mol. The number of Topliss-reactive ketones (excluding diaryl/α,β-unsaturated/α-hetero) is 1. The predicted molar refractivity (Wildman–Crippen MR) is 81.2 cm³/mol. The van der Waals surface area contributed by atoms with Crippen LogP contribution in [0.15, 0.2) is 30.3 Å². The van der Waals surface area contributed by atoms with Crippen molar-refractivity contribution in [3.8, 4) is 0 Å². The van der Waals surface area contributed by atoms with Crippen LogP contribution in [0.3, 0.4) is 0 Å². The van der Waals surface area contributed by atoms with E-state index in [1.807, 2.05) is 6.07 Å². The van der Waals surface area contributed by atoms with E-state index in [0.717, 1.165) is 0 Å². The number of nitrogens with one attached hydrogen (secondary N) is 1. The van der Waals surface area contributed by atoms with E-state index in [2.05, 4.69) is 5.32 Å². The predicted octanol–water partition coefficient (Wildman–Crippen LogP) is 1.96. The molecule has 0 saturated heterocycles. The Morgan fingerprint density at radius 3 is 2.23 bits per heavy atom. The Morgan fingerprint density at radius 1 is 1.05 bits per heavy atom. The zero-order valence-corrected chi connectivity index (χ0v) is 12.7. The molecule has 1 N–H and O–H groups in total. The molecule has 2 rings (SSSR count). The maximum absolute atomic E-state index is 12.1. The zero-order chi connectivity index (χ0) is 15.9. The molecule has 0 aromatic heterocycles. The van der Waals surface area contributed by atoms with Gasteiger partial charge in [-0.05, 0) is 25.7 Å². The highest BCUT2D eigenvalue weighted by Gasteiger charge is 2.30. The van der Waals surface area contributed by atoms with Gasteiger partial charge in [0.2, 0.25) is 5.91 Å². The Hall–Kier alpha value is -2.17. The van der Waals surface area contributed by atoms with Crippen LogP contribution in [-0.4, -0.2) is 31.3 Å². The third kappa shape index (κ3) is 4.16. The highest BCUT2D eigenvalue weighted by molar-refractivity contribution is 5.99. The Balaban J connectivity index is 1.77. The number of hydrogen-bond acceptors (Lipinski definition) is 4. The molecular weight excluding hydrogens is 282 g/mol. The largest absolute Gasteiger partial charge is 0.469 e. The monoisotopic (exact) mass is 303 g/mol. The lowest BCUT2D eigenvalue weighted by molar-refractivity contribution is -0.147. The summed E-state index contributed by atoms with van der Waals surface area (Å²) in [6.07, 6.45) is 2.64. The smallest absolute Gasteiger partial charge is 0.308 e. The standard InChI is InChI=1S/C17H21NO4/c1-22-17(21)14-9-7-13(8-10-14)16(20)18-11-15(19)12-5-3-2-4-6-12/h2-6,13-14H,7-11H2,1H3,(H,18,20). The van der Waals surface area contributed by atoms with Crippen LogP contribution in [0.1, 0.15) is 36.0 Å². The SMILES string of the molecule is COC(=O)C1CCC(C(=O)NCC(=O)c2ccccc2)CC1. The minimum absolute atomic E-state index is 0.0137. The molecule has 0 aliphatic heterocycles. The molecule has 0 atom stereocenters. The van der Waals surface area contributed by atoms with Gasteiger partial charge in [0.1, 0.15) is 0 Å². The third-order valence-electron chi connectivity index (χ3n) is 4.15. The van der Waals surface area contributed by atoms with Gasteiger partial charge in [0.15, 0.2) is 5.78 Å². The third-order valence-corrected chi connectivity index (χ3v) is 4.15. The molecule has 5 heteroatoms. The van der Waals surface area contributed by atoms with E-state index in [1.54, 1.807) is 24.3 Å². The number of ketones is 1. The van der Waals surface area contributed by atoms with Gasteiger partial charge in [-0.25, -0.2) is 0 Å². The van der Waals surface area contributed by atoms with E-state index >= 15 is 0 Å². The fourth-order valence-electron chi connectivity index (χ4n) is 2.80. The van der Waals surface area contributed by atoms with Gasteiger partial charge in [0.05, 0.1) is 19.6 Å². The molecule has 1 aliphatic rings. The molecule has 1 amide bonds. The second kappa shape index (κ2) is 7.73. The number of esters is 1. The molecular formula is C17H21NO4. The Morgan fingerprint density at radius 2 is 1.64 bits per heavy atom. The van der Waals surface area contributed by atoms with Gasteiger partial charge in [0.25, 0.3) is 0 Å². The van der Waals surface area contributed by atoms with Crippen molar-refractivity contribution in [1.82, 2.24) is 5.32 Å². The van der Waals surface area contributed by atoms with Crippen LogP contribution in [0.2, 0.25) is 0 Å². The number of carbonyl (C=O) groups excluding carboxylic acids is 3. The van der Waals surface area contributed by atoms with Crippen molar-refractivity contribution in [3.05, 3.63) is 35.9 Å². The molecule has 1 fully saturated rings. The molecule has 0 spiro atoms. The first-order valence-electron chi connectivity index (χ1n) is 7.55. The molecule has 0 heterocycles. The number of ether oxygens (including phenoxy) is 1. The van der Waals surface area contributed by atoms with Crippen molar-refractivity contribution in [2.24, 2.45) is 11.8 Å². The molecule has 1 aromatic carbocycles. The summed E-state index contributed by atoms with van der Waals surface area (Å²) in [5.74, 6) is -0.618. The van der Waals surface area contributed by atoms with Gasteiger partial charge in [0, 0.05) is 11.5 Å². The van der Waals surface area contributed by atoms with Crippen LogP contribution >= 0.6 is 0 Å². The first kappa shape index (κ1) is 16.2. The van der Waals surface area contributed by atoms with Crippen LogP contribution in [0.25, 0.3) is 0 Å². The van der Waals surface area contributed by atoms with Crippen molar-refractivity contribution >= 4 is 17.7 Å². The number of rotatable bonds is 5. The summed E-state index contributed by atoms with van der Waals surface area (Å²) in [5.41, 5.74) is 0.595. The number of methoxy groups -OCH3 is 1. The van der Waals surface area contributed by atoms with Crippen LogP contribution in [-0.2, 0) is 14.3 Å². The fourth-order valence-corrected chi connectivity index (χ4v) is 2.80. The van der Waals surface area contributed by atoms with E-state index in [0.29, 0.717) is 31.2 Å². The molecule has 1 aromatic rings. The first-order valence-corrected chi connectivity index (χ1v) is 7.55. The van der Waals surface area contributed by atoms with Gasteiger partial charge in [-0.1, -0.05) is 30.3 Å². The van der Waals surface area contributed by atoms with E-state index in [9.17, 15) is 14.4 Å². The normalized spacial score (nSPS) is 21.0. The van der Waals surface area contributed by atoms with Crippen LogP contribution < -0.4 is 5.32 Å². The summed E-state index contributed by atoms with van der Waals surface area (Å²) in [4.78, 5) is 35.5. The number of amides is 1. The Bertz CT molecular complexity index is 533. The van der Waals surface area contributed by atoms with Crippen molar-refractivity contribution < 1.29 is 19.1 Å². The number of benzene rings is 1. The molecule has 1 saturated carbocycles. The highest BCUT2D eigenvalue weighted by Crippen LogP contribution is 2.29. The summed E-state index contributed by atoms with van der Waals surface area (Å²) in [7, 11) is 1.39. The van der Waals surface area contributed by atoms with E-state index in [1.165, 1.54) is 7.11 Å². The maximum atomic E-state index is 12.1. The number of hydrogen-bond donors (Lipinski definition) is 1. The first-order chi connectivity index (χ1) is 10.6. The van der Waals surface area contributed by atoms with Gasteiger partial charge < -0.3 is 10.1 Å². The topological polar surface area (TPSA) is 72.5 Å². The molecule has 5 nitrogen and oxygen atoms in total. The van der Waals surface area contributed by atoms with Crippen molar-refractivity contribution in [3.63, 3.8) is 0 Å². The minimum atomic E-state index is -0.196. The van der Waals surface area contributed by atoms with Gasteiger partial charge in [-0.3, -0.25) is 14.4 Å². The second-order valence-electron chi connectivity index (χ2n) is 5.58. The lowest BCUT2D eigenvalue weighted by Crippen LogP contribution is -2.37. The molecule has 22 heavy (non-hydrogen) atoms. The number of carbonyl (C=O) groups is 3. The van der Waals surface area contributed by atoms with E-state index < -0.39 is 0 Å². The molecule has 0 unspecified atom stereocenters. The minimum Gasteiger partial charge on any atom is -0.469 e. The highest BCUT2D eigenvalue weighted by atomic mass is 16.5. The van der Waals surface area contributed by atoms with E-state index in [-0.39, 0.29) is 36.0 Å². The van der Waals surface area contributed by atoms with Crippen molar-refractivity contribution in [2.75, 3.05) is 13.7 Å². The van der Waals surface area contributed by atoms with Crippen molar-refractivity contribution in [2.45, 2.75) is 25.7 Å².